The van der Waals surface area contributed by atoms with Gasteiger partial charge in [-0.05, 0) is 45.4 Å². The summed E-state index contributed by atoms with van der Waals surface area (Å²) in [6.07, 6.45) is 6.33. The normalized spacial score (nSPS) is 20.1. The lowest BCUT2D eigenvalue weighted by Crippen LogP contribution is -2.40. The Morgan fingerprint density at radius 3 is 2.62 bits per heavy atom. The molecule has 16 heavy (non-hydrogen) atoms. The molecular formula is C13H28N2S. The van der Waals surface area contributed by atoms with Crippen LogP contribution in [0.25, 0.3) is 0 Å². The molecule has 1 rings (SSSR count). The number of thioether (sulfide) groups is 1. The number of nitrogens with zero attached hydrogens (tertiary/aromatic N) is 1. The first-order valence-corrected chi connectivity index (χ1v) is 8.01. The van der Waals surface area contributed by atoms with Crippen molar-refractivity contribution in [3.05, 3.63) is 0 Å². The number of hydrogen-bond acceptors (Lipinski definition) is 3. The van der Waals surface area contributed by atoms with Gasteiger partial charge >= 0.3 is 0 Å². The lowest BCUT2D eigenvalue weighted by atomic mass is 10.2. The van der Waals surface area contributed by atoms with Gasteiger partial charge in [0.25, 0.3) is 0 Å². The molecule has 1 saturated carbocycles. The van der Waals surface area contributed by atoms with Crippen LogP contribution in [0.3, 0.4) is 0 Å². The van der Waals surface area contributed by atoms with E-state index in [1.54, 1.807) is 0 Å². The zero-order chi connectivity index (χ0) is 12.0. The van der Waals surface area contributed by atoms with Crippen molar-refractivity contribution in [1.82, 2.24) is 10.2 Å². The van der Waals surface area contributed by atoms with Gasteiger partial charge in [-0.15, -0.1) is 0 Å². The fourth-order valence-electron chi connectivity index (χ4n) is 2.16. The third-order valence-corrected chi connectivity index (χ3v) is 4.43. The van der Waals surface area contributed by atoms with Gasteiger partial charge in [0, 0.05) is 30.9 Å². The smallest absolute Gasteiger partial charge is 0.0181 e. The summed E-state index contributed by atoms with van der Waals surface area (Å²) in [7, 11) is 2.26. The Morgan fingerprint density at radius 2 is 2.12 bits per heavy atom. The van der Waals surface area contributed by atoms with Gasteiger partial charge in [-0.3, -0.25) is 0 Å². The Kier molecular flexibility index (Phi) is 6.78. The van der Waals surface area contributed by atoms with E-state index in [0.29, 0.717) is 0 Å². The van der Waals surface area contributed by atoms with Crippen molar-refractivity contribution in [2.45, 2.75) is 45.2 Å². The maximum atomic E-state index is 3.65. The van der Waals surface area contributed by atoms with Crippen LogP contribution in [0.5, 0.6) is 0 Å². The molecule has 1 aliphatic rings. The Labute approximate surface area is 106 Å². The molecule has 0 aromatic rings. The van der Waals surface area contributed by atoms with Gasteiger partial charge in [0.2, 0.25) is 0 Å². The zero-order valence-electron chi connectivity index (χ0n) is 11.3. The van der Waals surface area contributed by atoms with Crippen LogP contribution in [0.2, 0.25) is 0 Å². The minimum atomic E-state index is 0.731. The maximum Gasteiger partial charge on any atom is 0.0181 e. The minimum absolute atomic E-state index is 0.731. The molecule has 0 heterocycles. The summed E-state index contributed by atoms with van der Waals surface area (Å²) in [6.45, 7) is 6.93. The van der Waals surface area contributed by atoms with Gasteiger partial charge in [-0.1, -0.05) is 6.92 Å². The topological polar surface area (TPSA) is 15.3 Å². The van der Waals surface area contributed by atoms with Crippen molar-refractivity contribution in [3.8, 4) is 0 Å². The standard InChI is InChI=1S/C13H28N2S/c1-5-13(10-16-4)15(3)9-8-14-11(2)12-6-7-12/h11-14H,5-10H2,1-4H3. The van der Waals surface area contributed by atoms with Gasteiger partial charge in [0.1, 0.15) is 0 Å². The summed E-state index contributed by atoms with van der Waals surface area (Å²) in [6, 6.07) is 1.47. The van der Waals surface area contributed by atoms with Gasteiger partial charge in [0.15, 0.2) is 0 Å². The van der Waals surface area contributed by atoms with Crippen LogP contribution in [0.15, 0.2) is 0 Å². The lowest BCUT2D eigenvalue weighted by Gasteiger charge is -2.27. The van der Waals surface area contributed by atoms with E-state index in [-0.39, 0.29) is 0 Å². The molecular weight excluding hydrogens is 216 g/mol. The first kappa shape index (κ1) is 14.3. The van der Waals surface area contributed by atoms with Gasteiger partial charge < -0.3 is 10.2 Å². The van der Waals surface area contributed by atoms with Crippen molar-refractivity contribution in [2.75, 3.05) is 32.1 Å². The molecule has 0 saturated heterocycles. The summed E-state index contributed by atoms with van der Waals surface area (Å²) >= 11 is 1.96. The molecule has 0 aromatic carbocycles. The van der Waals surface area contributed by atoms with E-state index >= 15 is 0 Å². The van der Waals surface area contributed by atoms with Crippen molar-refractivity contribution >= 4 is 11.8 Å². The number of nitrogens with one attached hydrogen (secondary N) is 1. The van der Waals surface area contributed by atoms with Crippen LogP contribution in [-0.4, -0.2) is 49.1 Å². The van der Waals surface area contributed by atoms with E-state index < -0.39 is 0 Å². The van der Waals surface area contributed by atoms with Gasteiger partial charge in [0.05, 0.1) is 0 Å². The van der Waals surface area contributed by atoms with Crippen molar-refractivity contribution < 1.29 is 0 Å². The molecule has 0 aromatic heterocycles. The van der Waals surface area contributed by atoms with E-state index in [1.165, 1.54) is 31.6 Å². The quantitative estimate of drug-likeness (QED) is 0.671. The van der Waals surface area contributed by atoms with E-state index in [4.69, 9.17) is 0 Å². The van der Waals surface area contributed by atoms with Crippen molar-refractivity contribution in [2.24, 2.45) is 5.92 Å². The largest absolute Gasteiger partial charge is 0.313 e. The van der Waals surface area contributed by atoms with E-state index in [2.05, 4.69) is 37.4 Å². The molecule has 0 spiro atoms. The lowest BCUT2D eigenvalue weighted by molar-refractivity contribution is 0.251. The molecule has 0 aliphatic heterocycles. The molecule has 3 heteroatoms. The van der Waals surface area contributed by atoms with Crippen LogP contribution in [0.4, 0.5) is 0 Å². The fourth-order valence-corrected chi connectivity index (χ4v) is 3.04. The molecule has 1 fully saturated rings. The second kappa shape index (κ2) is 7.57. The Hall–Kier alpha value is 0.270. The molecule has 2 atom stereocenters. The van der Waals surface area contributed by atoms with Crippen LogP contribution in [-0.2, 0) is 0 Å². The van der Waals surface area contributed by atoms with Crippen LogP contribution >= 0.6 is 11.8 Å². The highest BCUT2D eigenvalue weighted by atomic mass is 32.2. The average Bonchev–Trinajstić information content (AvgIpc) is 3.09. The summed E-state index contributed by atoms with van der Waals surface area (Å²) in [5.74, 6) is 2.23. The summed E-state index contributed by atoms with van der Waals surface area (Å²) in [4.78, 5) is 2.50. The molecule has 96 valence electrons. The van der Waals surface area contributed by atoms with Gasteiger partial charge in [-0.25, -0.2) is 0 Å². The number of likely N-dealkylation sites (N-methyl/N-ethyl adjacent to an activating group) is 1. The van der Waals surface area contributed by atoms with Crippen molar-refractivity contribution in [3.63, 3.8) is 0 Å². The molecule has 0 bridgehead atoms. The Morgan fingerprint density at radius 1 is 1.44 bits per heavy atom. The molecule has 2 nitrogen and oxygen atoms in total. The summed E-state index contributed by atoms with van der Waals surface area (Å²) in [5.41, 5.74) is 0. The molecule has 1 aliphatic carbocycles. The minimum Gasteiger partial charge on any atom is -0.313 e. The highest BCUT2D eigenvalue weighted by Crippen LogP contribution is 2.32. The monoisotopic (exact) mass is 244 g/mol. The average molecular weight is 244 g/mol. The molecule has 1 N–H and O–H groups in total. The van der Waals surface area contributed by atoms with Crippen LogP contribution in [0, 0.1) is 5.92 Å². The predicted octanol–water partition coefficient (Wildman–Crippen LogP) is 2.45. The molecule has 2 unspecified atom stereocenters. The second-order valence-electron chi connectivity index (χ2n) is 5.08. The van der Waals surface area contributed by atoms with E-state index in [9.17, 15) is 0 Å². The number of rotatable bonds is 9. The third-order valence-electron chi connectivity index (χ3n) is 3.71. The summed E-state index contributed by atoms with van der Waals surface area (Å²) in [5, 5.41) is 3.65. The zero-order valence-corrected chi connectivity index (χ0v) is 12.1. The second-order valence-corrected chi connectivity index (χ2v) is 5.99. The van der Waals surface area contributed by atoms with Crippen LogP contribution < -0.4 is 5.32 Å². The van der Waals surface area contributed by atoms with Gasteiger partial charge in [-0.2, -0.15) is 11.8 Å². The number of hydrogen-bond donors (Lipinski definition) is 1. The molecule has 0 radical (unpaired) electrons. The highest BCUT2D eigenvalue weighted by Gasteiger charge is 2.27. The Bertz CT molecular complexity index is 183. The third kappa shape index (κ3) is 5.07. The first-order valence-electron chi connectivity index (χ1n) is 6.61. The Balaban J connectivity index is 2.09. The van der Waals surface area contributed by atoms with E-state index in [1.807, 2.05) is 11.8 Å². The van der Waals surface area contributed by atoms with E-state index in [0.717, 1.165) is 24.5 Å². The first-order chi connectivity index (χ1) is 7.69. The SMILES string of the molecule is CCC(CSC)N(C)CCNC(C)C1CC1. The van der Waals surface area contributed by atoms with Crippen LogP contribution in [0.1, 0.15) is 33.1 Å². The molecule has 0 amide bonds. The predicted molar refractivity (Wildman–Crippen MR) is 75.3 cm³/mol. The highest BCUT2D eigenvalue weighted by molar-refractivity contribution is 7.98. The van der Waals surface area contributed by atoms with Crippen molar-refractivity contribution in [1.29, 1.82) is 0 Å². The maximum absolute atomic E-state index is 3.65. The fraction of sp³-hybridized carbons (Fsp3) is 1.00. The summed E-state index contributed by atoms with van der Waals surface area (Å²) < 4.78 is 0.